The normalized spacial score (nSPS) is 20.2. The van der Waals surface area contributed by atoms with E-state index in [1.807, 2.05) is 24.3 Å². The summed E-state index contributed by atoms with van der Waals surface area (Å²) in [5.41, 5.74) is 1.87. The molecule has 1 atom stereocenters. The number of hydrogen-bond acceptors (Lipinski definition) is 2. The third kappa shape index (κ3) is 1.95. The first-order valence-corrected chi connectivity index (χ1v) is 6.54. The molecule has 1 unspecified atom stereocenters. The van der Waals surface area contributed by atoms with E-state index in [2.05, 4.69) is 26.2 Å². The first-order valence-electron chi connectivity index (χ1n) is 5.75. The van der Waals surface area contributed by atoms with Crippen LogP contribution in [0.25, 0.3) is 10.9 Å². The van der Waals surface area contributed by atoms with Crippen LogP contribution >= 0.6 is 15.9 Å². The maximum atomic E-state index is 11.8. The molecule has 3 rings (SSSR count). The van der Waals surface area contributed by atoms with Crippen LogP contribution in [0, 0.1) is 0 Å². The monoisotopic (exact) mass is 306 g/mol. The molecule has 5 heteroatoms. The van der Waals surface area contributed by atoms with Crippen molar-refractivity contribution in [3.8, 4) is 0 Å². The number of halogens is 1. The van der Waals surface area contributed by atoms with Crippen LogP contribution in [0.1, 0.15) is 24.5 Å². The minimum atomic E-state index is -0.256. The Labute approximate surface area is 112 Å². The van der Waals surface area contributed by atoms with Crippen LogP contribution in [0.3, 0.4) is 0 Å². The lowest BCUT2D eigenvalue weighted by molar-refractivity contribution is -0.134. The molecule has 4 nitrogen and oxygen atoms in total. The lowest BCUT2D eigenvalue weighted by Crippen LogP contribution is -2.39. The highest BCUT2D eigenvalue weighted by molar-refractivity contribution is 9.10. The third-order valence-electron chi connectivity index (χ3n) is 3.22. The van der Waals surface area contributed by atoms with Crippen molar-refractivity contribution in [3.05, 3.63) is 34.4 Å². The number of amides is 2. The number of H-pyrrole nitrogens is 1. The predicted molar refractivity (Wildman–Crippen MR) is 71.1 cm³/mol. The smallest absolute Gasteiger partial charge is 0.235 e. The van der Waals surface area contributed by atoms with Crippen molar-refractivity contribution in [3.63, 3.8) is 0 Å². The van der Waals surface area contributed by atoms with Crippen LogP contribution in [0.2, 0.25) is 0 Å². The van der Waals surface area contributed by atoms with Gasteiger partial charge < -0.3 is 4.98 Å². The van der Waals surface area contributed by atoms with Gasteiger partial charge in [0.15, 0.2) is 0 Å². The summed E-state index contributed by atoms with van der Waals surface area (Å²) < 4.78 is 1.00. The van der Waals surface area contributed by atoms with Gasteiger partial charge in [0, 0.05) is 27.5 Å². The molecule has 2 heterocycles. The molecule has 2 N–H and O–H groups in total. The topological polar surface area (TPSA) is 62.0 Å². The van der Waals surface area contributed by atoms with Crippen LogP contribution in [0.15, 0.2) is 28.7 Å². The number of piperidine rings is 1. The fourth-order valence-electron chi connectivity index (χ4n) is 2.30. The number of imide groups is 1. The quantitative estimate of drug-likeness (QED) is 0.795. The number of fused-ring (bicyclic) bond motifs is 1. The Morgan fingerprint density at radius 2 is 2.06 bits per heavy atom. The maximum Gasteiger partial charge on any atom is 0.235 e. The van der Waals surface area contributed by atoms with E-state index in [0.29, 0.717) is 12.8 Å². The van der Waals surface area contributed by atoms with Gasteiger partial charge in [-0.1, -0.05) is 15.9 Å². The summed E-state index contributed by atoms with van der Waals surface area (Å²) in [6.07, 6.45) is 0.966. The molecule has 1 aliphatic heterocycles. The molecule has 0 aliphatic carbocycles. The van der Waals surface area contributed by atoms with Gasteiger partial charge in [-0.3, -0.25) is 14.9 Å². The first kappa shape index (κ1) is 11.5. The Kier molecular flexibility index (Phi) is 2.70. The fraction of sp³-hybridized carbons (Fsp3) is 0.231. The molecule has 1 aliphatic rings. The summed E-state index contributed by atoms with van der Waals surface area (Å²) in [6.45, 7) is 0. The Morgan fingerprint density at radius 3 is 2.83 bits per heavy atom. The van der Waals surface area contributed by atoms with E-state index in [-0.39, 0.29) is 17.7 Å². The number of carbonyl (C=O) groups is 2. The van der Waals surface area contributed by atoms with Gasteiger partial charge in [0.25, 0.3) is 0 Å². The minimum Gasteiger partial charge on any atom is -0.358 e. The van der Waals surface area contributed by atoms with Gasteiger partial charge in [0.05, 0.1) is 5.92 Å². The Balaban J connectivity index is 1.99. The van der Waals surface area contributed by atoms with E-state index in [0.717, 1.165) is 21.1 Å². The second kappa shape index (κ2) is 4.24. The molecule has 1 saturated heterocycles. The highest BCUT2D eigenvalue weighted by Gasteiger charge is 2.28. The molecule has 0 bridgehead atoms. The number of nitrogens with one attached hydrogen (secondary N) is 2. The summed E-state index contributed by atoms with van der Waals surface area (Å²) in [5, 5.41) is 3.44. The van der Waals surface area contributed by atoms with E-state index in [1.165, 1.54) is 0 Å². The zero-order chi connectivity index (χ0) is 12.7. The molecule has 18 heavy (non-hydrogen) atoms. The van der Waals surface area contributed by atoms with Crippen LogP contribution < -0.4 is 5.32 Å². The molecule has 92 valence electrons. The lowest BCUT2D eigenvalue weighted by Gasteiger charge is -2.19. The second-order valence-electron chi connectivity index (χ2n) is 4.46. The molecule has 2 aromatic rings. The number of aromatic amines is 1. The van der Waals surface area contributed by atoms with Crippen molar-refractivity contribution in [2.45, 2.75) is 18.8 Å². The van der Waals surface area contributed by atoms with Gasteiger partial charge in [0.2, 0.25) is 11.8 Å². The van der Waals surface area contributed by atoms with Crippen LogP contribution in [-0.4, -0.2) is 16.8 Å². The molecule has 1 fully saturated rings. The number of hydrogen-bond donors (Lipinski definition) is 2. The number of aromatic nitrogens is 1. The fourth-order valence-corrected chi connectivity index (χ4v) is 2.68. The van der Waals surface area contributed by atoms with Crippen molar-refractivity contribution in [1.29, 1.82) is 0 Å². The second-order valence-corrected chi connectivity index (χ2v) is 5.38. The molecular formula is C13H11BrN2O2. The molecule has 1 aromatic carbocycles. The summed E-state index contributed by atoms with van der Waals surface area (Å²) >= 11 is 3.42. The molecule has 2 amide bonds. The SMILES string of the molecule is O=C1CCC(c2cc3cc(Br)ccc3[nH]2)C(=O)N1. The largest absolute Gasteiger partial charge is 0.358 e. The number of benzene rings is 1. The van der Waals surface area contributed by atoms with E-state index in [4.69, 9.17) is 0 Å². The molecular weight excluding hydrogens is 296 g/mol. The summed E-state index contributed by atoms with van der Waals surface area (Å²) in [5.74, 6) is -0.652. The summed E-state index contributed by atoms with van der Waals surface area (Å²) in [4.78, 5) is 26.2. The Hall–Kier alpha value is -1.62. The molecule has 0 spiro atoms. The van der Waals surface area contributed by atoms with Crippen LogP contribution in [-0.2, 0) is 9.59 Å². The van der Waals surface area contributed by atoms with Gasteiger partial charge in [-0.05, 0) is 30.7 Å². The van der Waals surface area contributed by atoms with E-state index < -0.39 is 0 Å². The van der Waals surface area contributed by atoms with Crippen molar-refractivity contribution in [2.24, 2.45) is 0 Å². The van der Waals surface area contributed by atoms with Gasteiger partial charge >= 0.3 is 0 Å². The van der Waals surface area contributed by atoms with Gasteiger partial charge in [-0.15, -0.1) is 0 Å². The highest BCUT2D eigenvalue weighted by Crippen LogP contribution is 2.28. The van der Waals surface area contributed by atoms with Crippen molar-refractivity contribution < 1.29 is 9.59 Å². The Morgan fingerprint density at radius 1 is 1.22 bits per heavy atom. The van der Waals surface area contributed by atoms with Crippen molar-refractivity contribution in [1.82, 2.24) is 10.3 Å². The number of rotatable bonds is 1. The predicted octanol–water partition coefficient (Wildman–Crippen LogP) is 2.45. The van der Waals surface area contributed by atoms with Crippen LogP contribution in [0.4, 0.5) is 0 Å². The summed E-state index contributed by atoms with van der Waals surface area (Å²) in [7, 11) is 0. The summed E-state index contributed by atoms with van der Waals surface area (Å²) in [6, 6.07) is 7.89. The zero-order valence-electron chi connectivity index (χ0n) is 9.50. The highest BCUT2D eigenvalue weighted by atomic mass is 79.9. The standard InChI is InChI=1S/C13H11BrN2O2/c14-8-1-3-10-7(5-8)6-11(15-10)9-2-4-12(17)16-13(9)18/h1,3,5-6,9,15H,2,4H2,(H,16,17,18). The zero-order valence-corrected chi connectivity index (χ0v) is 11.1. The first-order chi connectivity index (χ1) is 8.63. The van der Waals surface area contributed by atoms with E-state index in [1.54, 1.807) is 0 Å². The average molecular weight is 307 g/mol. The van der Waals surface area contributed by atoms with E-state index >= 15 is 0 Å². The van der Waals surface area contributed by atoms with Gasteiger partial charge in [-0.25, -0.2) is 0 Å². The van der Waals surface area contributed by atoms with Crippen molar-refractivity contribution in [2.75, 3.05) is 0 Å². The molecule has 1 aromatic heterocycles. The molecule has 0 saturated carbocycles. The van der Waals surface area contributed by atoms with Gasteiger partial charge in [-0.2, -0.15) is 0 Å². The average Bonchev–Trinajstić information content (AvgIpc) is 2.71. The van der Waals surface area contributed by atoms with Crippen molar-refractivity contribution >= 4 is 38.6 Å². The third-order valence-corrected chi connectivity index (χ3v) is 3.71. The van der Waals surface area contributed by atoms with Gasteiger partial charge in [0.1, 0.15) is 0 Å². The van der Waals surface area contributed by atoms with Crippen LogP contribution in [0.5, 0.6) is 0 Å². The lowest BCUT2D eigenvalue weighted by atomic mass is 9.95. The van der Waals surface area contributed by atoms with E-state index in [9.17, 15) is 9.59 Å². The molecule has 0 radical (unpaired) electrons. The number of carbonyl (C=O) groups excluding carboxylic acids is 2. The Bertz CT molecular complexity index is 647. The maximum absolute atomic E-state index is 11.8. The minimum absolute atomic E-state index is 0.185.